The van der Waals surface area contributed by atoms with E-state index in [1.807, 2.05) is 62.4 Å². The summed E-state index contributed by atoms with van der Waals surface area (Å²) in [5.41, 5.74) is 4.20. The van der Waals surface area contributed by atoms with Crippen LogP contribution in [0.5, 0.6) is 0 Å². The number of nitrogens with one attached hydrogen (secondary N) is 2. The minimum Gasteiger partial charge on any atom is -0.322 e. The zero-order valence-electron chi connectivity index (χ0n) is 15.8. The number of hydrogen-bond donors (Lipinski definition) is 2. The maximum atomic E-state index is 12.4. The molecule has 0 radical (unpaired) electrons. The number of carbonyl (C=O) groups is 1. The number of aryl methyl sites for hydroxylation is 2. The summed E-state index contributed by atoms with van der Waals surface area (Å²) in [7, 11) is -3.65. The van der Waals surface area contributed by atoms with Crippen LogP contribution in [0.3, 0.4) is 0 Å². The van der Waals surface area contributed by atoms with Crippen LogP contribution in [0.15, 0.2) is 77.7 Å². The molecule has 3 aromatic carbocycles. The summed E-state index contributed by atoms with van der Waals surface area (Å²) >= 11 is 0. The normalized spacial score (nSPS) is 11.2. The van der Waals surface area contributed by atoms with Crippen molar-refractivity contribution in [2.45, 2.75) is 25.3 Å². The standard InChI is InChI=1S/C22H22N2O3S/c1-16-8-11-20(14-17(16)2)24-22(25)19-9-12-21(13-10-19)28(26,27)23-15-18-6-4-3-5-7-18/h3-14,23H,15H2,1-2H3,(H,24,25). The second-order valence-corrected chi connectivity index (χ2v) is 8.35. The fourth-order valence-electron chi connectivity index (χ4n) is 2.67. The number of sulfonamides is 1. The molecular formula is C22H22N2O3S. The number of anilines is 1. The molecule has 0 aromatic heterocycles. The topological polar surface area (TPSA) is 75.3 Å². The smallest absolute Gasteiger partial charge is 0.255 e. The Morgan fingerprint density at radius 1 is 0.857 bits per heavy atom. The molecule has 0 atom stereocenters. The molecule has 5 nitrogen and oxygen atoms in total. The maximum absolute atomic E-state index is 12.4. The molecule has 0 aliphatic carbocycles. The average molecular weight is 394 g/mol. The van der Waals surface area contributed by atoms with Crippen molar-refractivity contribution < 1.29 is 13.2 Å². The van der Waals surface area contributed by atoms with E-state index in [0.717, 1.165) is 16.7 Å². The number of benzene rings is 3. The highest BCUT2D eigenvalue weighted by molar-refractivity contribution is 7.89. The molecule has 0 saturated carbocycles. The van der Waals surface area contributed by atoms with E-state index in [1.165, 1.54) is 24.3 Å². The van der Waals surface area contributed by atoms with Crippen molar-refractivity contribution in [3.8, 4) is 0 Å². The molecule has 0 saturated heterocycles. The van der Waals surface area contributed by atoms with Crippen molar-refractivity contribution >= 4 is 21.6 Å². The number of carbonyl (C=O) groups excluding carboxylic acids is 1. The van der Waals surface area contributed by atoms with Crippen LogP contribution < -0.4 is 10.0 Å². The van der Waals surface area contributed by atoms with E-state index >= 15 is 0 Å². The fourth-order valence-corrected chi connectivity index (χ4v) is 3.68. The third-order valence-electron chi connectivity index (χ3n) is 4.50. The number of rotatable bonds is 6. The lowest BCUT2D eigenvalue weighted by Crippen LogP contribution is -2.23. The molecule has 0 bridgehead atoms. The predicted molar refractivity (Wildman–Crippen MR) is 111 cm³/mol. The van der Waals surface area contributed by atoms with E-state index in [2.05, 4.69) is 10.0 Å². The highest BCUT2D eigenvalue weighted by atomic mass is 32.2. The van der Waals surface area contributed by atoms with Crippen LogP contribution >= 0.6 is 0 Å². The van der Waals surface area contributed by atoms with E-state index < -0.39 is 10.0 Å². The Morgan fingerprint density at radius 3 is 2.18 bits per heavy atom. The molecular weight excluding hydrogens is 372 g/mol. The van der Waals surface area contributed by atoms with Crippen molar-refractivity contribution in [3.05, 3.63) is 95.1 Å². The van der Waals surface area contributed by atoms with Crippen molar-refractivity contribution in [1.82, 2.24) is 4.72 Å². The van der Waals surface area contributed by atoms with Crippen LogP contribution in [0.25, 0.3) is 0 Å². The summed E-state index contributed by atoms with van der Waals surface area (Å²) in [6.45, 7) is 4.19. The molecule has 0 fully saturated rings. The Morgan fingerprint density at radius 2 is 1.54 bits per heavy atom. The summed E-state index contributed by atoms with van der Waals surface area (Å²) < 4.78 is 27.4. The fraction of sp³-hybridized carbons (Fsp3) is 0.136. The minimum atomic E-state index is -3.65. The molecule has 6 heteroatoms. The number of hydrogen-bond acceptors (Lipinski definition) is 3. The van der Waals surface area contributed by atoms with Gasteiger partial charge in [-0.2, -0.15) is 0 Å². The van der Waals surface area contributed by atoms with Gasteiger partial charge in [-0.05, 0) is 66.9 Å². The van der Waals surface area contributed by atoms with Crippen LogP contribution in [0.4, 0.5) is 5.69 Å². The summed E-state index contributed by atoms with van der Waals surface area (Å²) in [5, 5.41) is 2.83. The predicted octanol–water partition coefficient (Wildman–Crippen LogP) is 4.03. The third-order valence-corrected chi connectivity index (χ3v) is 5.92. The second kappa shape index (κ2) is 8.37. The van der Waals surface area contributed by atoms with Gasteiger partial charge in [0.05, 0.1) is 4.90 Å². The maximum Gasteiger partial charge on any atom is 0.255 e. The highest BCUT2D eigenvalue weighted by Gasteiger charge is 2.15. The Kier molecular flexibility index (Phi) is 5.92. The summed E-state index contributed by atoms with van der Waals surface area (Å²) in [4.78, 5) is 12.5. The van der Waals surface area contributed by atoms with Gasteiger partial charge in [0.2, 0.25) is 10.0 Å². The van der Waals surface area contributed by atoms with Gasteiger partial charge in [0.15, 0.2) is 0 Å². The summed E-state index contributed by atoms with van der Waals surface area (Å²) in [6.07, 6.45) is 0. The monoisotopic (exact) mass is 394 g/mol. The van der Waals surface area contributed by atoms with Gasteiger partial charge in [-0.1, -0.05) is 36.4 Å². The van der Waals surface area contributed by atoms with Crippen LogP contribution in [0.1, 0.15) is 27.0 Å². The Hall–Kier alpha value is -2.96. The van der Waals surface area contributed by atoms with Gasteiger partial charge in [0.25, 0.3) is 5.91 Å². The lowest BCUT2D eigenvalue weighted by atomic mass is 10.1. The SMILES string of the molecule is Cc1ccc(NC(=O)c2ccc(S(=O)(=O)NCc3ccccc3)cc2)cc1C. The van der Waals surface area contributed by atoms with Gasteiger partial charge >= 0.3 is 0 Å². The second-order valence-electron chi connectivity index (χ2n) is 6.59. The largest absolute Gasteiger partial charge is 0.322 e. The van der Waals surface area contributed by atoms with Gasteiger partial charge < -0.3 is 5.32 Å². The van der Waals surface area contributed by atoms with Gasteiger partial charge in [0.1, 0.15) is 0 Å². The Bertz CT molecular complexity index is 1080. The quantitative estimate of drug-likeness (QED) is 0.663. The zero-order chi connectivity index (χ0) is 20.1. The van der Waals surface area contributed by atoms with E-state index in [4.69, 9.17) is 0 Å². The molecule has 0 heterocycles. The van der Waals surface area contributed by atoms with Gasteiger partial charge in [0, 0.05) is 17.8 Å². The van der Waals surface area contributed by atoms with Crippen LogP contribution in [0.2, 0.25) is 0 Å². The molecule has 3 rings (SSSR count). The molecule has 0 aliphatic rings. The highest BCUT2D eigenvalue weighted by Crippen LogP contribution is 2.16. The Balaban J connectivity index is 1.67. The van der Waals surface area contributed by atoms with Crippen LogP contribution in [-0.4, -0.2) is 14.3 Å². The first kappa shape index (κ1) is 19.8. The minimum absolute atomic E-state index is 0.117. The molecule has 1 amide bonds. The van der Waals surface area contributed by atoms with E-state index in [-0.39, 0.29) is 17.3 Å². The van der Waals surface area contributed by atoms with Crippen LogP contribution in [-0.2, 0) is 16.6 Å². The van der Waals surface area contributed by atoms with Crippen molar-refractivity contribution in [2.24, 2.45) is 0 Å². The molecule has 0 spiro atoms. The molecule has 3 aromatic rings. The van der Waals surface area contributed by atoms with Gasteiger partial charge in [-0.25, -0.2) is 13.1 Å². The van der Waals surface area contributed by atoms with E-state index in [0.29, 0.717) is 11.3 Å². The molecule has 0 aliphatic heterocycles. The molecule has 144 valence electrons. The first-order chi connectivity index (χ1) is 13.3. The first-order valence-corrected chi connectivity index (χ1v) is 10.4. The average Bonchev–Trinajstić information content (AvgIpc) is 2.70. The lowest BCUT2D eigenvalue weighted by Gasteiger charge is -2.09. The summed E-state index contributed by atoms with van der Waals surface area (Å²) in [6, 6.07) is 20.8. The van der Waals surface area contributed by atoms with E-state index in [9.17, 15) is 13.2 Å². The van der Waals surface area contributed by atoms with Crippen molar-refractivity contribution in [3.63, 3.8) is 0 Å². The van der Waals surface area contributed by atoms with Gasteiger partial charge in [-0.15, -0.1) is 0 Å². The zero-order valence-corrected chi connectivity index (χ0v) is 16.6. The molecule has 2 N–H and O–H groups in total. The molecule has 28 heavy (non-hydrogen) atoms. The Labute approximate surface area is 165 Å². The first-order valence-electron chi connectivity index (χ1n) is 8.87. The van der Waals surface area contributed by atoms with Crippen molar-refractivity contribution in [2.75, 3.05) is 5.32 Å². The molecule has 0 unspecified atom stereocenters. The van der Waals surface area contributed by atoms with Crippen LogP contribution in [0, 0.1) is 13.8 Å². The summed E-state index contributed by atoms with van der Waals surface area (Å²) in [5.74, 6) is -0.288. The van der Waals surface area contributed by atoms with Crippen molar-refractivity contribution in [1.29, 1.82) is 0 Å². The lowest BCUT2D eigenvalue weighted by molar-refractivity contribution is 0.102. The number of amides is 1. The third kappa shape index (κ3) is 4.85. The van der Waals surface area contributed by atoms with E-state index in [1.54, 1.807) is 0 Å². The van der Waals surface area contributed by atoms with Gasteiger partial charge in [-0.3, -0.25) is 4.79 Å².